The van der Waals surface area contributed by atoms with Crippen molar-refractivity contribution in [3.63, 3.8) is 0 Å². The van der Waals surface area contributed by atoms with Crippen LogP contribution in [-0.2, 0) is 70.7 Å². The van der Waals surface area contributed by atoms with Crippen LogP contribution in [0.4, 0.5) is 0 Å². The Hall–Kier alpha value is -3.05. The second-order valence-corrected chi connectivity index (χ2v) is 33.9. The van der Waals surface area contributed by atoms with Gasteiger partial charge in [0.2, 0.25) is 0 Å². The molecule has 2 aliphatic heterocycles. The molecule has 0 aromatic carbocycles. The number of phosphoric acid groups is 1. The van der Waals surface area contributed by atoms with E-state index in [1.165, 1.54) is 167 Å². The number of hydrogen-bond acceptors (Lipinski definition) is 24. The van der Waals surface area contributed by atoms with Crippen LogP contribution >= 0.6 is 7.82 Å². The van der Waals surface area contributed by atoms with Crippen molar-refractivity contribution in [3.05, 3.63) is 24.3 Å². The molecule has 0 spiro atoms. The zero-order valence-electron chi connectivity index (χ0n) is 70.9. The Morgan fingerprint density at radius 1 is 0.342 bits per heavy atom. The zero-order valence-corrected chi connectivity index (χ0v) is 71.8. The molecule has 10 N–H and O–H groups in total. The number of carbonyl (C=O) groups excluding carboxylic acids is 4. The molecule has 2 saturated heterocycles. The minimum atomic E-state index is -5.81. The molecular weight excluding hydrogens is 1490 g/mol. The van der Waals surface area contributed by atoms with E-state index in [4.69, 9.17) is 46.9 Å². The highest BCUT2D eigenvalue weighted by molar-refractivity contribution is 7.47. The number of unbranched alkanes of at least 4 members (excludes halogenated alkanes) is 45. The molecule has 0 bridgehead atoms. The van der Waals surface area contributed by atoms with Crippen LogP contribution in [0.2, 0.25) is 0 Å². The lowest BCUT2D eigenvalue weighted by Crippen LogP contribution is -2.70. The summed E-state index contributed by atoms with van der Waals surface area (Å²) >= 11 is 0. The minimum absolute atomic E-state index is 0.0143. The molecule has 114 heavy (non-hydrogen) atoms. The first kappa shape index (κ1) is 105. The number of rotatable bonds is 73. The Kier molecular flexibility index (Phi) is 62.3. The number of ether oxygens (including phenoxy) is 8. The van der Waals surface area contributed by atoms with E-state index in [-0.39, 0.29) is 32.1 Å². The molecule has 3 fully saturated rings. The lowest BCUT2D eigenvalue weighted by molar-refractivity contribution is -0.360. The van der Waals surface area contributed by atoms with Crippen LogP contribution in [0.5, 0.6) is 0 Å². The monoisotopic (exact) mass is 1650 g/mol. The summed E-state index contributed by atoms with van der Waals surface area (Å²) in [5, 5.41) is 102. The molecule has 25 nitrogen and oxygen atoms in total. The van der Waals surface area contributed by atoms with Gasteiger partial charge in [0, 0.05) is 25.7 Å². The molecule has 18 unspecified atom stereocenters. The van der Waals surface area contributed by atoms with Crippen molar-refractivity contribution in [1.82, 2.24) is 0 Å². The van der Waals surface area contributed by atoms with Crippen molar-refractivity contribution in [2.24, 2.45) is 0 Å². The number of esters is 4. The Bertz CT molecular complexity index is 2480. The van der Waals surface area contributed by atoms with E-state index in [0.29, 0.717) is 32.1 Å². The molecule has 0 aromatic rings. The fourth-order valence-corrected chi connectivity index (χ4v) is 15.9. The van der Waals surface area contributed by atoms with Crippen molar-refractivity contribution in [2.45, 2.75) is 485 Å². The summed E-state index contributed by atoms with van der Waals surface area (Å²) in [5.74, 6) is -3.00. The third-order valence-corrected chi connectivity index (χ3v) is 23.2. The van der Waals surface area contributed by atoms with E-state index in [1.54, 1.807) is 0 Å². The highest BCUT2D eigenvalue weighted by Crippen LogP contribution is 2.49. The van der Waals surface area contributed by atoms with E-state index < -0.39 is 162 Å². The van der Waals surface area contributed by atoms with Gasteiger partial charge in [-0.05, 0) is 77.0 Å². The van der Waals surface area contributed by atoms with Crippen LogP contribution < -0.4 is 0 Å². The van der Waals surface area contributed by atoms with Gasteiger partial charge in [-0.25, -0.2) is 4.57 Å². The molecule has 1 aliphatic carbocycles. The lowest BCUT2D eigenvalue weighted by atomic mass is 9.84. The summed E-state index contributed by atoms with van der Waals surface area (Å²) in [6.45, 7) is 5.54. The SMILES string of the molecule is CCCCCCCC/C=C\CCCCCC(=O)OCC(COP(=O)(O)OC1C(OC2OC(CO)C(O)C(O)C2O)C(O)C(O)C(OC(=O)CCCCC/C=C\CCCCCCCC)C1OC1OC(COC(=O)CCCCCCCCCCCCCCC)C(O)C(O)C1O)OC(=O)CCCCCCCCCCCCCCCCCC. The van der Waals surface area contributed by atoms with Crippen molar-refractivity contribution in [1.29, 1.82) is 0 Å². The third-order valence-electron chi connectivity index (χ3n) is 22.2. The number of aliphatic hydroxyl groups excluding tert-OH is 9. The average molecular weight is 1650 g/mol. The van der Waals surface area contributed by atoms with Crippen molar-refractivity contribution >= 4 is 31.7 Å². The largest absolute Gasteiger partial charge is 0.472 e. The predicted octanol–water partition coefficient (Wildman–Crippen LogP) is 16.2. The Morgan fingerprint density at radius 3 is 1.05 bits per heavy atom. The number of phosphoric ester groups is 1. The average Bonchev–Trinajstić information content (AvgIpc) is 0.755. The summed E-state index contributed by atoms with van der Waals surface area (Å²) < 4.78 is 73.2. The third kappa shape index (κ3) is 47.8. The van der Waals surface area contributed by atoms with Gasteiger partial charge in [-0.15, -0.1) is 0 Å². The second-order valence-electron chi connectivity index (χ2n) is 32.5. The highest BCUT2D eigenvalue weighted by atomic mass is 31.2. The molecule has 3 aliphatic rings. The quantitative estimate of drug-likeness (QED) is 0.00889. The minimum Gasteiger partial charge on any atom is -0.463 e. The molecule has 0 radical (unpaired) electrons. The van der Waals surface area contributed by atoms with E-state index in [2.05, 4.69) is 52.0 Å². The number of aliphatic hydroxyl groups is 9. The van der Waals surface area contributed by atoms with Gasteiger partial charge >= 0.3 is 31.7 Å². The first-order valence-corrected chi connectivity index (χ1v) is 47.1. The maximum atomic E-state index is 14.9. The molecule has 1 saturated carbocycles. The van der Waals surface area contributed by atoms with Gasteiger partial charge in [-0.3, -0.25) is 28.2 Å². The van der Waals surface area contributed by atoms with Gasteiger partial charge in [-0.1, -0.05) is 302 Å². The fraction of sp³-hybridized carbons (Fsp3) is 0.909. The van der Waals surface area contributed by atoms with Crippen LogP contribution in [0.25, 0.3) is 0 Å². The summed E-state index contributed by atoms with van der Waals surface area (Å²) in [5.41, 5.74) is 0. The smallest absolute Gasteiger partial charge is 0.463 e. The maximum absolute atomic E-state index is 14.9. The number of allylic oxidation sites excluding steroid dienone is 4. The van der Waals surface area contributed by atoms with Crippen LogP contribution in [0.1, 0.15) is 381 Å². The van der Waals surface area contributed by atoms with Crippen molar-refractivity contribution in [3.8, 4) is 0 Å². The van der Waals surface area contributed by atoms with E-state index in [0.717, 1.165) is 122 Å². The summed E-state index contributed by atoms with van der Waals surface area (Å²) in [6, 6.07) is 0. The van der Waals surface area contributed by atoms with Crippen molar-refractivity contribution < 1.29 is 122 Å². The molecule has 668 valence electrons. The standard InChI is InChI=1S/C88H161O25P/c1-5-9-13-17-21-25-29-33-34-35-39-43-46-50-54-58-62-73(92)107-68(65-104-71(90)60-56-52-48-44-40-36-30-26-22-18-14-10-6-2)66-106-114(102,103)113-86-84(111-87-81(100)77(96)75(94)69(64-89)108-87)80(99)79(98)83(110-74(93)63-59-55-51-47-42-38-32-28-24-20-16-12-8-4)85(86)112-88-82(101)78(97)76(95)70(109-88)67-105-72(91)61-57-53-49-45-41-37-31-27-23-19-15-11-7-3/h36,38,40,42,68-70,75-89,94-101H,5-35,37,39,41,43-67H2,1-4H3,(H,102,103)/b40-36-,42-38-. The Balaban J connectivity index is 1.93. The van der Waals surface area contributed by atoms with Crippen LogP contribution in [0.3, 0.4) is 0 Å². The summed E-state index contributed by atoms with van der Waals surface area (Å²) in [4.78, 5) is 66.3. The molecule has 26 heteroatoms. The Labute approximate surface area is 685 Å². The van der Waals surface area contributed by atoms with Gasteiger partial charge in [0.25, 0.3) is 0 Å². The van der Waals surface area contributed by atoms with Gasteiger partial charge < -0.3 is 88.7 Å². The Morgan fingerprint density at radius 2 is 0.658 bits per heavy atom. The molecule has 0 amide bonds. The molecule has 18 atom stereocenters. The maximum Gasteiger partial charge on any atom is 0.472 e. The molecule has 3 rings (SSSR count). The second kappa shape index (κ2) is 67.6. The van der Waals surface area contributed by atoms with E-state index >= 15 is 0 Å². The van der Waals surface area contributed by atoms with E-state index in [9.17, 15) is 74.6 Å². The number of hydrogen-bond donors (Lipinski definition) is 10. The normalized spacial score (nSPS) is 25.5. The molecular formula is C88H161O25P. The molecule has 0 aromatic heterocycles. The molecule has 2 heterocycles. The summed E-state index contributed by atoms with van der Waals surface area (Å²) in [7, 11) is -5.81. The van der Waals surface area contributed by atoms with E-state index in [1.807, 2.05) is 0 Å². The topological polar surface area (TPSA) is 380 Å². The van der Waals surface area contributed by atoms with Crippen molar-refractivity contribution in [2.75, 3.05) is 26.4 Å². The van der Waals surface area contributed by atoms with Crippen LogP contribution in [0.15, 0.2) is 24.3 Å². The van der Waals surface area contributed by atoms with Gasteiger partial charge in [0.1, 0.15) is 92.6 Å². The lowest BCUT2D eigenvalue weighted by Gasteiger charge is -2.50. The van der Waals surface area contributed by atoms with Gasteiger partial charge in [0.05, 0.1) is 13.2 Å². The van der Waals surface area contributed by atoms with Gasteiger partial charge in [-0.2, -0.15) is 0 Å². The van der Waals surface area contributed by atoms with Gasteiger partial charge in [0.15, 0.2) is 24.8 Å². The fourth-order valence-electron chi connectivity index (χ4n) is 14.9. The highest BCUT2D eigenvalue weighted by Gasteiger charge is 2.60. The first-order chi connectivity index (χ1) is 55.2. The first-order valence-electron chi connectivity index (χ1n) is 45.6. The number of carbonyl (C=O) groups is 4. The van der Waals surface area contributed by atoms with Crippen LogP contribution in [-0.4, -0.2) is 205 Å². The van der Waals surface area contributed by atoms with Crippen LogP contribution in [0, 0.1) is 0 Å². The predicted molar refractivity (Wildman–Crippen MR) is 439 cm³/mol. The zero-order chi connectivity index (χ0) is 83.2. The summed E-state index contributed by atoms with van der Waals surface area (Å²) in [6.07, 6.45) is 26.3.